The highest BCUT2D eigenvalue weighted by molar-refractivity contribution is 5.07. The lowest BCUT2D eigenvalue weighted by Gasteiger charge is -2.12. The fraction of sp³-hybridized carbons (Fsp3) is 0.500. The van der Waals surface area contributed by atoms with E-state index < -0.39 is 0 Å². The molecule has 1 aromatic heterocycles. The number of pyridine rings is 1. The smallest absolute Gasteiger partial charge is 0.0621 e. The standard InChI is InChI=1S/C12H17N3/c1-11(12-7-3-6-10-15-12)14-9-5-2-4-8-13/h3,6-7,10-11,14H,2,4-5,9H2,1H3/t11-/m1/s1. The maximum Gasteiger partial charge on any atom is 0.0621 e. The highest BCUT2D eigenvalue weighted by atomic mass is 14.9. The van der Waals surface area contributed by atoms with Crippen LogP contribution in [0, 0.1) is 11.3 Å². The van der Waals surface area contributed by atoms with Crippen LogP contribution >= 0.6 is 0 Å². The molecule has 3 heteroatoms. The lowest BCUT2D eigenvalue weighted by Crippen LogP contribution is -2.20. The highest BCUT2D eigenvalue weighted by Gasteiger charge is 2.03. The third kappa shape index (κ3) is 4.57. The summed E-state index contributed by atoms with van der Waals surface area (Å²) in [5.41, 5.74) is 1.07. The molecule has 0 saturated carbocycles. The number of unbranched alkanes of at least 4 members (excludes halogenated alkanes) is 2. The maximum atomic E-state index is 8.37. The largest absolute Gasteiger partial charge is 0.309 e. The monoisotopic (exact) mass is 203 g/mol. The number of rotatable bonds is 6. The quantitative estimate of drug-likeness (QED) is 0.722. The minimum Gasteiger partial charge on any atom is -0.309 e. The van der Waals surface area contributed by atoms with Crippen molar-refractivity contribution in [3.63, 3.8) is 0 Å². The summed E-state index contributed by atoms with van der Waals surface area (Å²) in [5.74, 6) is 0. The molecule has 0 saturated heterocycles. The van der Waals surface area contributed by atoms with Crippen LogP contribution in [0.3, 0.4) is 0 Å². The van der Waals surface area contributed by atoms with E-state index in [9.17, 15) is 0 Å². The molecule has 3 nitrogen and oxygen atoms in total. The van der Waals surface area contributed by atoms with Gasteiger partial charge in [0, 0.05) is 18.7 Å². The second-order valence-corrected chi connectivity index (χ2v) is 3.55. The molecule has 1 atom stereocenters. The summed E-state index contributed by atoms with van der Waals surface area (Å²) in [7, 11) is 0. The Labute approximate surface area is 91.1 Å². The van der Waals surface area contributed by atoms with E-state index in [-0.39, 0.29) is 6.04 Å². The van der Waals surface area contributed by atoms with Crippen LogP contribution in [0.5, 0.6) is 0 Å². The first-order valence-corrected chi connectivity index (χ1v) is 5.36. The van der Waals surface area contributed by atoms with Gasteiger partial charge in [-0.3, -0.25) is 4.98 Å². The van der Waals surface area contributed by atoms with Crippen molar-refractivity contribution < 1.29 is 0 Å². The van der Waals surface area contributed by atoms with Gasteiger partial charge in [0.2, 0.25) is 0 Å². The van der Waals surface area contributed by atoms with Crippen molar-refractivity contribution >= 4 is 0 Å². The highest BCUT2D eigenvalue weighted by Crippen LogP contribution is 2.07. The third-order valence-electron chi connectivity index (χ3n) is 2.30. The van der Waals surface area contributed by atoms with Gasteiger partial charge in [-0.1, -0.05) is 6.07 Å². The molecule has 0 unspecified atom stereocenters. The molecule has 0 fully saturated rings. The third-order valence-corrected chi connectivity index (χ3v) is 2.30. The average molecular weight is 203 g/mol. The van der Waals surface area contributed by atoms with E-state index in [0.717, 1.165) is 25.1 Å². The van der Waals surface area contributed by atoms with E-state index in [4.69, 9.17) is 5.26 Å². The normalized spacial score (nSPS) is 12.0. The Bertz CT molecular complexity index is 302. The molecule has 80 valence electrons. The van der Waals surface area contributed by atoms with Crippen LogP contribution in [0.4, 0.5) is 0 Å². The molecule has 0 bridgehead atoms. The van der Waals surface area contributed by atoms with E-state index in [0.29, 0.717) is 6.42 Å². The van der Waals surface area contributed by atoms with Crippen LogP contribution in [-0.4, -0.2) is 11.5 Å². The molecule has 0 aliphatic carbocycles. The molecule has 1 heterocycles. The van der Waals surface area contributed by atoms with Crippen LogP contribution in [0.15, 0.2) is 24.4 Å². The van der Waals surface area contributed by atoms with E-state index >= 15 is 0 Å². The predicted octanol–water partition coefficient (Wildman–Crippen LogP) is 2.43. The summed E-state index contributed by atoms with van der Waals surface area (Å²) >= 11 is 0. The van der Waals surface area contributed by atoms with Crippen LogP contribution < -0.4 is 5.32 Å². The first-order chi connectivity index (χ1) is 7.34. The molecule has 15 heavy (non-hydrogen) atoms. The maximum absolute atomic E-state index is 8.37. The van der Waals surface area contributed by atoms with Crippen LogP contribution in [-0.2, 0) is 0 Å². The van der Waals surface area contributed by atoms with Crippen LogP contribution in [0.1, 0.15) is 37.9 Å². The van der Waals surface area contributed by atoms with Crippen LogP contribution in [0.25, 0.3) is 0 Å². The van der Waals surface area contributed by atoms with Crippen molar-refractivity contribution in [3.8, 4) is 6.07 Å². The molecular weight excluding hydrogens is 186 g/mol. The van der Waals surface area contributed by atoms with Gasteiger partial charge in [0.1, 0.15) is 0 Å². The number of hydrogen-bond donors (Lipinski definition) is 1. The minimum atomic E-state index is 0.285. The Morgan fingerprint density at radius 2 is 2.33 bits per heavy atom. The van der Waals surface area contributed by atoms with Crippen molar-refractivity contribution in [1.29, 1.82) is 5.26 Å². The van der Waals surface area contributed by atoms with Crippen molar-refractivity contribution in [2.45, 2.75) is 32.2 Å². The van der Waals surface area contributed by atoms with E-state index in [1.165, 1.54) is 0 Å². The van der Waals surface area contributed by atoms with E-state index in [1.807, 2.05) is 24.4 Å². The zero-order chi connectivity index (χ0) is 10.9. The van der Waals surface area contributed by atoms with Crippen molar-refractivity contribution in [1.82, 2.24) is 10.3 Å². The van der Waals surface area contributed by atoms with Gasteiger partial charge in [-0.25, -0.2) is 0 Å². The molecule has 0 amide bonds. The first-order valence-electron chi connectivity index (χ1n) is 5.36. The number of nitriles is 1. The molecule has 1 N–H and O–H groups in total. The van der Waals surface area contributed by atoms with Gasteiger partial charge in [-0.05, 0) is 38.4 Å². The van der Waals surface area contributed by atoms with Gasteiger partial charge < -0.3 is 5.32 Å². The van der Waals surface area contributed by atoms with Gasteiger partial charge in [0.25, 0.3) is 0 Å². The van der Waals surface area contributed by atoms with Gasteiger partial charge in [0.15, 0.2) is 0 Å². The molecule has 0 spiro atoms. The van der Waals surface area contributed by atoms with Gasteiger partial charge >= 0.3 is 0 Å². The molecule has 0 aliphatic heterocycles. The molecule has 0 aliphatic rings. The minimum absolute atomic E-state index is 0.285. The number of hydrogen-bond acceptors (Lipinski definition) is 3. The second kappa shape index (κ2) is 6.97. The summed E-state index contributed by atoms with van der Waals surface area (Å²) in [6, 6.07) is 8.37. The van der Waals surface area contributed by atoms with E-state index in [1.54, 1.807) is 0 Å². The number of nitrogens with one attached hydrogen (secondary N) is 1. The number of nitrogens with zero attached hydrogens (tertiary/aromatic N) is 2. The van der Waals surface area contributed by atoms with Gasteiger partial charge in [-0.2, -0.15) is 5.26 Å². The summed E-state index contributed by atoms with van der Waals surface area (Å²) in [6.45, 7) is 3.05. The zero-order valence-electron chi connectivity index (χ0n) is 9.11. The Morgan fingerprint density at radius 1 is 1.47 bits per heavy atom. The molecule has 0 radical (unpaired) electrons. The Hall–Kier alpha value is -1.40. The SMILES string of the molecule is C[C@@H](NCCCCC#N)c1ccccn1. The van der Waals surface area contributed by atoms with Gasteiger partial charge in [-0.15, -0.1) is 0 Å². The molecule has 1 rings (SSSR count). The fourth-order valence-corrected chi connectivity index (χ4v) is 1.38. The zero-order valence-corrected chi connectivity index (χ0v) is 9.11. The topological polar surface area (TPSA) is 48.7 Å². The summed E-state index contributed by atoms with van der Waals surface area (Å²) in [5, 5.41) is 11.8. The van der Waals surface area contributed by atoms with Crippen molar-refractivity contribution in [2.24, 2.45) is 0 Å². The summed E-state index contributed by atoms with van der Waals surface area (Å²) in [4.78, 5) is 4.28. The molecule has 0 aromatic carbocycles. The summed E-state index contributed by atoms with van der Waals surface area (Å²) in [6.07, 6.45) is 4.48. The Balaban J connectivity index is 2.20. The molecular formula is C12H17N3. The summed E-state index contributed by atoms with van der Waals surface area (Å²) < 4.78 is 0. The Morgan fingerprint density at radius 3 is 3.00 bits per heavy atom. The van der Waals surface area contributed by atoms with Gasteiger partial charge in [0.05, 0.1) is 11.8 Å². The predicted molar refractivity (Wildman–Crippen MR) is 60.1 cm³/mol. The molecule has 1 aromatic rings. The average Bonchev–Trinajstić information content (AvgIpc) is 2.30. The van der Waals surface area contributed by atoms with E-state index in [2.05, 4.69) is 23.3 Å². The lowest BCUT2D eigenvalue weighted by molar-refractivity contribution is 0.539. The van der Waals surface area contributed by atoms with Crippen LogP contribution in [0.2, 0.25) is 0 Å². The van der Waals surface area contributed by atoms with Crippen molar-refractivity contribution in [2.75, 3.05) is 6.54 Å². The second-order valence-electron chi connectivity index (χ2n) is 3.55. The Kier molecular flexibility index (Phi) is 5.42. The first kappa shape index (κ1) is 11.7. The fourth-order valence-electron chi connectivity index (χ4n) is 1.38. The van der Waals surface area contributed by atoms with Crippen molar-refractivity contribution in [3.05, 3.63) is 30.1 Å². The lowest BCUT2D eigenvalue weighted by atomic mass is 10.2. The number of aromatic nitrogens is 1.